The lowest BCUT2D eigenvalue weighted by Gasteiger charge is -2.32. The van der Waals surface area contributed by atoms with E-state index in [9.17, 15) is 4.79 Å². The number of likely N-dealkylation sites (N-methyl/N-ethyl adjacent to an activating group) is 1. The third-order valence-corrected chi connectivity index (χ3v) is 5.34. The molecule has 1 aromatic rings. The van der Waals surface area contributed by atoms with Crippen molar-refractivity contribution in [2.45, 2.75) is 0 Å². The molecule has 1 fully saturated rings. The first-order valence-corrected chi connectivity index (χ1v) is 8.45. The second-order valence-electron chi connectivity index (χ2n) is 5.12. The van der Waals surface area contributed by atoms with Crippen molar-refractivity contribution in [3.05, 3.63) is 39.2 Å². The third kappa shape index (κ3) is 3.39. The molecule has 6 heteroatoms. The summed E-state index contributed by atoms with van der Waals surface area (Å²) in [5.74, 6) is -0.135. The summed E-state index contributed by atoms with van der Waals surface area (Å²) >= 11 is 4.98. The van der Waals surface area contributed by atoms with Crippen LogP contribution >= 0.6 is 27.7 Å². The van der Waals surface area contributed by atoms with Gasteiger partial charge < -0.3 is 9.80 Å². The summed E-state index contributed by atoms with van der Waals surface area (Å²) in [6.07, 6.45) is 1.91. The summed E-state index contributed by atoms with van der Waals surface area (Å²) in [5, 5.41) is 0.839. The van der Waals surface area contributed by atoms with Crippen LogP contribution in [0.25, 0.3) is 6.08 Å². The van der Waals surface area contributed by atoms with E-state index in [2.05, 4.69) is 37.8 Å². The summed E-state index contributed by atoms with van der Waals surface area (Å²) in [7, 11) is 2.12. The molecule has 0 saturated carbocycles. The number of rotatable bonds is 1. The molecule has 4 nitrogen and oxygen atoms in total. The van der Waals surface area contributed by atoms with Gasteiger partial charge in [-0.3, -0.25) is 4.79 Å². The molecule has 3 rings (SSSR count). The maximum absolute atomic E-state index is 12.1. The topological polar surface area (TPSA) is 35.9 Å². The average molecular weight is 366 g/mol. The summed E-state index contributed by atoms with van der Waals surface area (Å²) in [5.41, 5.74) is 1.00. The minimum Gasteiger partial charge on any atom is -0.348 e. The van der Waals surface area contributed by atoms with Crippen molar-refractivity contribution >= 4 is 44.8 Å². The van der Waals surface area contributed by atoms with Crippen molar-refractivity contribution < 1.29 is 4.79 Å². The predicted molar refractivity (Wildman–Crippen MR) is 91.2 cm³/mol. The van der Waals surface area contributed by atoms with Gasteiger partial charge in [0.2, 0.25) is 0 Å². The standard InChI is InChI=1S/C15H16BrN3OS/c1-18-6-8-19(9-7-18)15-17-14(20)13(21-15)10-11-4-2-3-5-12(11)16/h2-5,10H,6-9H2,1H3/b13-10-. The van der Waals surface area contributed by atoms with Gasteiger partial charge in [0.15, 0.2) is 5.17 Å². The molecule has 2 heterocycles. The number of carbonyl (C=O) groups is 1. The zero-order valence-electron chi connectivity index (χ0n) is 11.8. The van der Waals surface area contributed by atoms with E-state index in [1.54, 1.807) is 0 Å². The molecule has 1 saturated heterocycles. The molecule has 0 bridgehead atoms. The fourth-order valence-corrected chi connectivity index (χ4v) is 3.62. The highest BCUT2D eigenvalue weighted by atomic mass is 79.9. The van der Waals surface area contributed by atoms with Crippen molar-refractivity contribution in [1.82, 2.24) is 9.80 Å². The summed E-state index contributed by atoms with van der Waals surface area (Å²) in [6.45, 7) is 3.88. The Morgan fingerprint density at radius 2 is 1.95 bits per heavy atom. The van der Waals surface area contributed by atoms with Crippen LogP contribution < -0.4 is 0 Å². The van der Waals surface area contributed by atoms with Gasteiger partial charge in [-0.1, -0.05) is 34.1 Å². The van der Waals surface area contributed by atoms with Crippen molar-refractivity contribution in [1.29, 1.82) is 0 Å². The first-order valence-electron chi connectivity index (χ1n) is 6.84. The minimum atomic E-state index is -0.135. The maximum atomic E-state index is 12.1. The molecule has 110 valence electrons. The predicted octanol–water partition coefficient (Wildman–Crippen LogP) is 2.67. The number of benzene rings is 1. The number of amides is 1. The van der Waals surface area contributed by atoms with Crippen molar-refractivity contribution in [2.24, 2.45) is 4.99 Å². The van der Waals surface area contributed by atoms with E-state index in [1.165, 1.54) is 11.8 Å². The third-order valence-electron chi connectivity index (χ3n) is 3.57. The van der Waals surface area contributed by atoms with E-state index >= 15 is 0 Å². The lowest BCUT2D eigenvalue weighted by molar-refractivity contribution is -0.113. The average Bonchev–Trinajstić information content (AvgIpc) is 2.83. The van der Waals surface area contributed by atoms with Crippen molar-refractivity contribution in [2.75, 3.05) is 33.2 Å². The van der Waals surface area contributed by atoms with Gasteiger partial charge >= 0.3 is 0 Å². The molecular weight excluding hydrogens is 350 g/mol. The SMILES string of the molecule is CN1CCN(C2=NC(=O)/C(=C/c3ccccc3Br)S2)CC1. The molecule has 0 N–H and O–H groups in total. The second kappa shape index (κ2) is 6.34. The second-order valence-corrected chi connectivity index (χ2v) is 6.99. The molecule has 21 heavy (non-hydrogen) atoms. The van der Waals surface area contributed by atoms with Crippen LogP contribution in [0.3, 0.4) is 0 Å². The van der Waals surface area contributed by atoms with Crippen LogP contribution in [-0.4, -0.2) is 54.1 Å². The molecule has 2 aliphatic heterocycles. The van der Waals surface area contributed by atoms with E-state index in [1.807, 2.05) is 30.3 Å². The Kier molecular flexibility index (Phi) is 4.47. The van der Waals surface area contributed by atoms with E-state index < -0.39 is 0 Å². The molecule has 0 unspecified atom stereocenters. The number of amidine groups is 1. The van der Waals surface area contributed by atoms with E-state index in [0.717, 1.165) is 41.4 Å². The summed E-state index contributed by atoms with van der Waals surface area (Å²) < 4.78 is 0.985. The Morgan fingerprint density at radius 3 is 2.67 bits per heavy atom. The number of thioether (sulfide) groups is 1. The van der Waals surface area contributed by atoms with Crippen LogP contribution in [0.5, 0.6) is 0 Å². The van der Waals surface area contributed by atoms with Crippen LogP contribution in [-0.2, 0) is 4.79 Å². The van der Waals surface area contributed by atoms with Gasteiger partial charge in [0.25, 0.3) is 5.91 Å². The number of piperazine rings is 1. The molecule has 0 aromatic heterocycles. The van der Waals surface area contributed by atoms with Gasteiger partial charge in [-0.25, -0.2) is 0 Å². The summed E-state index contributed by atoms with van der Waals surface area (Å²) in [4.78, 5) is 21.5. The zero-order chi connectivity index (χ0) is 14.8. The van der Waals surface area contributed by atoms with Crippen molar-refractivity contribution in [3.8, 4) is 0 Å². The molecule has 0 radical (unpaired) electrons. The lowest BCUT2D eigenvalue weighted by atomic mass is 10.2. The van der Waals surface area contributed by atoms with Gasteiger partial charge in [-0.05, 0) is 36.5 Å². The number of carbonyl (C=O) groups excluding carboxylic acids is 1. The Morgan fingerprint density at radius 1 is 1.24 bits per heavy atom. The Hall–Kier alpha value is -1.11. The number of hydrogen-bond donors (Lipinski definition) is 0. The quantitative estimate of drug-likeness (QED) is 0.716. The number of hydrogen-bond acceptors (Lipinski definition) is 4. The Labute approximate surface area is 137 Å². The molecular formula is C15H16BrN3OS. The Balaban J connectivity index is 1.74. The van der Waals surface area contributed by atoms with Crippen molar-refractivity contribution in [3.63, 3.8) is 0 Å². The maximum Gasteiger partial charge on any atom is 0.286 e. The largest absolute Gasteiger partial charge is 0.348 e. The van der Waals surface area contributed by atoms with Gasteiger partial charge in [0.1, 0.15) is 0 Å². The van der Waals surface area contributed by atoms with E-state index in [0.29, 0.717) is 4.91 Å². The molecule has 0 atom stereocenters. The minimum absolute atomic E-state index is 0.135. The van der Waals surface area contributed by atoms with Gasteiger partial charge in [0.05, 0.1) is 4.91 Å². The molecule has 0 aliphatic carbocycles. The summed E-state index contributed by atoms with van der Waals surface area (Å²) in [6, 6.07) is 7.88. The van der Waals surface area contributed by atoms with E-state index in [-0.39, 0.29) is 5.91 Å². The highest BCUT2D eigenvalue weighted by Gasteiger charge is 2.27. The molecule has 0 spiro atoms. The lowest BCUT2D eigenvalue weighted by Crippen LogP contribution is -2.46. The first kappa shape index (κ1) is 14.8. The van der Waals surface area contributed by atoms with Crippen LogP contribution in [0.4, 0.5) is 0 Å². The number of halogens is 1. The van der Waals surface area contributed by atoms with Crippen LogP contribution in [0.15, 0.2) is 38.6 Å². The Bertz CT molecular complexity index is 621. The first-order chi connectivity index (χ1) is 10.1. The number of nitrogens with zero attached hydrogens (tertiary/aromatic N) is 3. The fraction of sp³-hybridized carbons (Fsp3) is 0.333. The highest BCUT2D eigenvalue weighted by molar-refractivity contribution is 9.10. The van der Waals surface area contributed by atoms with Crippen LogP contribution in [0, 0.1) is 0 Å². The molecule has 2 aliphatic rings. The molecule has 1 amide bonds. The highest BCUT2D eigenvalue weighted by Crippen LogP contribution is 2.32. The van der Waals surface area contributed by atoms with Gasteiger partial charge in [0, 0.05) is 30.7 Å². The zero-order valence-corrected chi connectivity index (χ0v) is 14.2. The van der Waals surface area contributed by atoms with Gasteiger partial charge in [-0.15, -0.1) is 0 Å². The normalized spacial score (nSPS) is 22.0. The smallest absolute Gasteiger partial charge is 0.286 e. The van der Waals surface area contributed by atoms with Crippen LogP contribution in [0.1, 0.15) is 5.56 Å². The van der Waals surface area contributed by atoms with Crippen LogP contribution in [0.2, 0.25) is 0 Å². The monoisotopic (exact) mass is 365 g/mol. The molecule has 1 aromatic carbocycles. The van der Waals surface area contributed by atoms with E-state index in [4.69, 9.17) is 0 Å². The fourth-order valence-electron chi connectivity index (χ4n) is 2.26. The van der Waals surface area contributed by atoms with Gasteiger partial charge in [-0.2, -0.15) is 4.99 Å². The number of aliphatic imine (C=N–C) groups is 1.